The summed E-state index contributed by atoms with van der Waals surface area (Å²) in [7, 11) is 0. The second-order valence-electron chi connectivity index (χ2n) is 4.38. The number of nitro groups is 1. The van der Waals surface area contributed by atoms with Gasteiger partial charge in [0.15, 0.2) is 0 Å². The lowest BCUT2D eigenvalue weighted by Gasteiger charge is -2.21. The lowest BCUT2D eigenvalue weighted by Crippen LogP contribution is -2.36. The van der Waals surface area contributed by atoms with Gasteiger partial charge in [-0.15, -0.1) is 0 Å². The van der Waals surface area contributed by atoms with Crippen LogP contribution in [0.5, 0.6) is 0 Å². The molecule has 0 saturated carbocycles. The van der Waals surface area contributed by atoms with Gasteiger partial charge in [0.05, 0.1) is 10.5 Å². The summed E-state index contributed by atoms with van der Waals surface area (Å²) in [5.74, 6) is 0. The van der Waals surface area contributed by atoms with Gasteiger partial charge in [0.2, 0.25) is 0 Å². The zero-order valence-electron chi connectivity index (χ0n) is 10.1. The summed E-state index contributed by atoms with van der Waals surface area (Å²) in [6.45, 7) is 4.79. The first-order valence-electron chi connectivity index (χ1n) is 5.61. The Morgan fingerprint density at radius 2 is 2.00 bits per heavy atom. The van der Waals surface area contributed by atoms with E-state index in [1.165, 1.54) is 12.1 Å². The molecule has 1 rings (SSSR count). The lowest BCUT2D eigenvalue weighted by atomic mass is 10.0. The highest BCUT2D eigenvalue weighted by molar-refractivity contribution is 5.32. The fourth-order valence-corrected chi connectivity index (χ4v) is 1.34. The van der Waals surface area contributed by atoms with Crippen molar-refractivity contribution in [2.75, 3.05) is 6.54 Å². The summed E-state index contributed by atoms with van der Waals surface area (Å²) in [6.07, 6.45) is 0.681. The molecule has 0 heterocycles. The lowest BCUT2D eigenvalue weighted by molar-refractivity contribution is -0.384. The number of nitrogens with zero attached hydrogens (tertiary/aromatic N) is 1. The second kappa shape index (κ2) is 5.75. The van der Waals surface area contributed by atoms with E-state index in [-0.39, 0.29) is 5.69 Å². The van der Waals surface area contributed by atoms with Crippen molar-refractivity contribution in [2.24, 2.45) is 0 Å². The summed E-state index contributed by atoms with van der Waals surface area (Å²) >= 11 is 0. The van der Waals surface area contributed by atoms with Gasteiger partial charge in [-0.05, 0) is 18.9 Å². The highest BCUT2D eigenvalue weighted by atomic mass is 16.6. The summed E-state index contributed by atoms with van der Waals surface area (Å²) in [5.41, 5.74) is 0.345. The maximum absolute atomic E-state index is 10.5. The Balaban J connectivity index is 2.45. The van der Waals surface area contributed by atoms with Gasteiger partial charge in [0.1, 0.15) is 0 Å². The molecule has 0 radical (unpaired) electrons. The third-order valence-electron chi connectivity index (χ3n) is 2.74. The molecule has 0 aliphatic heterocycles. The average Bonchev–Trinajstić information content (AvgIpc) is 2.29. The van der Waals surface area contributed by atoms with Crippen LogP contribution in [-0.4, -0.2) is 22.2 Å². The van der Waals surface area contributed by atoms with Gasteiger partial charge in [0, 0.05) is 25.2 Å². The zero-order chi connectivity index (χ0) is 12.9. The molecule has 0 saturated heterocycles. The van der Waals surface area contributed by atoms with Crippen molar-refractivity contribution >= 4 is 5.69 Å². The second-order valence-corrected chi connectivity index (χ2v) is 4.38. The molecule has 94 valence electrons. The Kier molecular flexibility index (Phi) is 4.60. The highest BCUT2D eigenvalue weighted by Crippen LogP contribution is 2.12. The zero-order valence-corrected chi connectivity index (χ0v) is 10.1. The fourth-order valence-electron chi connectivity index (χ4n) is 1.34. The molecular formula is C12H18N2O3. The Labute approximate surface area is 101 Å². The summed E-state index contributed by atoms with van der Waals surface area (Å²) in [4.78, 5) is 10.0. The fraction of sp³-hybridized carbons (Fsp3) is 0.500. The third kappa shape index (κ3) is 4.50. The smallest absolute Gasteiger partial charge is 0.269 e. The minimum atomic E-state index is -0.708. The van der Waals surface area contributed by atoms with Crippen LogP contribution in [0.1, 0.15) is 25.8 Å². The first kappa shape index (κ1) is 13.6. The number of aliphatic hydroxyl groups is 1. The molecule has 0 aliphatic rings. The quantitative estimate of drug-likeness (QED) is 0.585. The molecule has 0 fully saturated rings. The molecule has 0 bridgehead atoms. The largest absolute Gasteiger partial charge is 0.389 e. The van der Waals surface area contributed by atoms with Crippen LogP contribution in [0.3, 0.4) is 0 Å². The van der Waals surface area contributed by atoms with Crippen LogP contribution in [0.25, 0.3) is 0 Å². The van der Waals surface area contributed by atoms with Crippen LogP contribution in [0.15, 0.2) is 24.3 Å². The van der Waals surface area contributed by atoms with Crippen LogP contribution >= 0.6 is 0 Å². The molecule has 1 aromatic rings. The summed E-state index contributed by atoms with van der Waals surface area (Å²) in [6, 6.07) is 6.39. The standard InChI is InChI=1S/C12H18N2O3/c1-3-12(2,15)9-13-8-10-4-6-11(7-5-10)14(16)17/h4-7,13,15H,3,8-9H2,1-2H3. The molecule has 5 heteroatoms. The van der Waals surface area contributed by atoms with Crippen LogP contribution in [-0.2, 0) is 6.54 Å². The van der Waals surface area contributed by atoms with E-state index in [2.05, 4.69) is 5.32 Å². The van der Waals surface area contributed by atoms with Gasteiger partial charge in [0.25, 0.3) is 5.69 Å². The number of hydrogen-bond acceptors (Lipinski definition) is 4. The van der Waals surface area contributed by atoms with E-state index in [9.17, 15) is 15.2 Å². The molecule has 1 atom stereocenters. The van der Waals surface area contributed by atoms with Gasteiger partial charge in [-0.2, -0.15) is 0 Å². The van der Waals surface area contributed by atoms with Crippen molar-refractivity contribution in [3.8, 4) is 0 Å². The predicted octanol–water partition coefficient (Wildman–Crippen LogP) is 1.85. The van der Waals surface area contributed by atoms with Crippen molar-refractivity contribution in [1.82, 2.24) is 5.32 Å². The van der Waals surface area contributed by atoms with Crippen molar-refractivity contribution in [3.05, 3.63) is 39.9 Å². The SMILES string of the molecule is CCC(C)(O)CNCc1ccc([N+](=O)[O-])cc1. The molecule has 1 aromatic carbocycles. The Morgan fingerprint density at radius 1 is 1.41 bits per heavy atom. The molecule has 0 aliphatic carbocycles. The number of hydrogen-bond donors (Lipinski definition) is 2. The third-order valence-corrected chi connectivity index (χ3v) is 2.74. The van der Waals surface area contributed by atoms with E-state index < -0.39 is 10.5 Å². The number of nitrogens with one attached hydrogen (secondary N) is 1. The first-order chi connectivity index (χ1) is 7.94. The molecule has 1 unspecified atom stereocenters. The van der Waals surface area contributed by atoms with Gasteiger partial charge >= 0.3 is 0 Å². The summed E-state index contributed by atoms with van der Waals surface area (Å²) in [5, 5.41) is 23.3. The van der Waals surface area contributed by atoms with Crippen LogP contribution in [0.4, 0.5) is 5.69 Å². The van der Waals surface area contributed by atoms with E-state index in [1.54, 1.807) is 19.1 Å². The average molecular weight is 238 g/mol. The maximum Gasteiger partial charge on any atom is 0.269 e. The van der Waals surface area contributed by atoms with Gasteiger partial charge in [-0.25, -0.2) is 0 Å². The Morgan fingerprint density at radius 3 is 2.47 bits per heavy atom. The van der Waals surface area contributed by atoms with Crippen LogP contribution in [0, 0.1) is 10.1 Å². The molecule has 0 aromatic heterocycles. The minimum absolute atomic E-state index is 0.0919. The number of rotatable bonds is 6. The Hall–Kier alpha value is -1.46. The predicted molar refractivity (Wildman–Crippen MR) is 65.7 cm³/mol. The molecular weight excluding hydrogens is 220 g/mol. The van der Waals surface area contributed by atoms with Crippen molar-refractivity contribution in [1.29, 1.82) is 0 Å². The monoisotopic (exact) mass is 238 g/mol. The number of non-ortho nitro benzene ring substituents is 1. The van der Waals surface area contributed by atoms with Crippen LogP contribution in [0.2, 0.25) is 0 Å². The molecule has 0 amide bonds. The van der Waals surface area contributed by atoms with Gasteiger partial charge in [-0.3, -0.25) is 10.1 Å². The normalized spacial score (nSPS) is 14.3. The van der Waals surface area contributed by atoms with E-state index >= 15 is 0 Å². The molecule has 5 nitrogen and oxygen atoms in total. The molecule has 2 N–H and O–H groups in total. The highest BCUT2D eigenvalue weighted by Gasteiger charge is 2.16. The van der Waals surface area contributed by atoms with E-state index in [0.717, 1.165) is 5.56 Å². The van der Waals surface area contributed by atoms with E-state index in [0.29, 0.717) is 19.5 Å². The number of benzene rings is 1. The van der Waals surface area contributed by atoms with Crippen LogP contribution < -0.4 is 5.32 Å². The van der Waals surface area contributed by atoms with Crippen molar-refractivity contribution in [3.63, 3.8) is 0 Å². The minimum Gasteiger partial charge on any atom is -0.389 e. The van der Waals surface area contributed by atoms with E-state index in [4.69, 9.17) is 0 Å². The number of nitro benzene ring substituents is 1. The topological polar surface area (TPSA) is 75.4 Å². The maximum atomic E-state index is 10.5. The molecule has 17 heavy (non-hydrogen) atoms. The first-order valence-corrected chi connectivity index (χ1v) is 5.61. The van der Waals surface area contributed by atoms with Crippen molar-refractivity contribution in [2.45, 2.75) is 32.4 Å². The van der Waals surface area contributed by atoms with E-state index in [1.807, 2.05) is 6.92 Å². The van der Waals surface area contributed by atoms with Crippen molar-refractivity contribution < 1.29 is 10.0 Å². The summed E-state index contributed by atoms with van der Waals surface area (Å²) < 4.78 is 0. The molecule has 0 spiro atoms. The van der Waals surface area contributed by atoms with Gasteiger partial charge in [-0.1, -0.05) is 19.1 Å². The Bertz CT molecular complexity index is 374. The van der Waals surface area contributed by atoms with Gasteiger partial charge < -0.3 is 10.4 Å².